The van der Waals surface area contributed by atoms with Crippen LogP contribution in [0.3, 0.4) is 0 Å². The maximum atomic E-state index is 14.4. The largest absolute Gasteiger partial charge is 0.489 e. The Morgan fingerprint density at radius 2 is 1.67 bits per heavy atom. The Labute approximate surface area is 354 Å². The third kappa shape index (κ3) is 7.55. The molecule has 4 aliphatic rings. The van der Waals surface area contributed by atoms with Crippen molar-refractivity contribution < 1.29 is 19.1 Å². The second kappa shape index (κ2) is 16.1. The molecule has 2 aromatic heterocycles. The van der Waals surface area contributed by atoms with Crippen molar-refractivity contribution in [3.63, 3.8) is 0 Å². The number of carbonyl (C=O) groups is 3. The van der Waals surface area contributed by atoms with Crippen LogP contribution in [0, 0.1) is 28.1 Å². The predicted octanol–water partition coefficient (Wildman–Crippen LogP) is 4.81. The van der Waals surface area contributed by atoms with E-state index in [1.54, 1.807) is 30.5 Å². The van der Waals surface area contributed by atoms with E-state index in [-0.39, 0.29) is 23.8 Å². The van der Waals surface area contributed by atoms with Crippen LogP contribution in [0.4, 0.5) is 11.5 Å². The maximum Gasteiger partial charge on any atom is 0.278 e. The van der Waals surface area contributed by atoms with Crippen molar-refractivity contribution in [1.29, 1.82) is 5.26 Å². The number of nitrogens with zero attached hydrogens (tertiary/aromatic N) is 9. The number of piperazine rings is 1. The van der Waals surface area contributed by atoms with Gasteiger partial charge in [0.2, 0.25) is 11.8 Å². The van der Waals surface area contributed by atoms with Gasteiger partial charge in [-0.15, -0.1) is 5.10 Å². The molecule has 1 atom stereocenters. The minimum absolute atomic E-state index is 0.0804. The SMILES string of the molecule is CC1(C)C(Oc2ccc(C#N)c(Cl)c2)C(C)(C)C1N1C(=O)CCC(n2nnc3ccc(N4CCN(CCC5CCN(c6ccc(C(N)=O)cn6)CC5)CC4)cc3c2=O)C1=O. The number of pyridine rings is 1. The molecule has 4 fully saturated rings. The van der Waals surface area contributed by atoms with Crippen molar-refractivity contribution in [3.05, 3.63) is 81.2 Å². The van der Waals surface area contributed by atoms with E-state index >= 15 is 0 Å². The molecular weight excluding hydrogens is 784 g/mol. The zero-order valence-corrected chi connectivity index (χ0v) is 35.3. The molecule has 3 aliphatic heterocycles. The molecule has 0 radical (unpaired) electrons. The second-order valence-electron chi connectivity index (χ2n) is 17.8. The predicted molar refractivity (Wildman–Crippen MR) is 227 cm³/mol. The van der Waals surface area contributed by atoms with E-state index in [0.717, 1.165) is 81.3 Å². The zero-order chi connectivity index (χ0) is 42.5. The highest BCUT2D eigenvalue weighted by molar-refractivity contribution is 6.31. The van der Waals surface area contributed by atoms with Gasteiger partial charge in [-0.2, -0.15) is 9.94 Å². The molecule has 0 bridgehead atoms. The number of piperidine rings is 2. The summed E-state index contributed by atoms with van der Waals surface area (Å²) in [5.74, 6) is 0.783. The molecule has 16 heteroatoms. The van der Waals surface area contributed by atoms with Crippen LogP contribution in [0.15, 0.2) is 59.5 Å². The molecule has 15 nitrogen and oxygen atoms in total. The van der Waals surface area contributed by atoms with Gasteiger partial charge in [0, 0.05) is 74.5 Å². The fourth-order valence-electron chi connectivity index (χ4n) is 10.4. The van der Waals surface area contributed by atoms with Crippen LogP contribution in [0.1, 0.15) is 81.8 Å². The van der Waals surface area contributed by atoms with Crippen molar-refractivity contribution in [2.75, 3.05) is 55.6 Å². The van der Waals surface area contributed by atoms with Gasteiger partial charge < -0.3 is 20.3 Å². The average molecular weight is 835 g/mol. The number of halogens is 1. The number of nitrogens with two attached hydrogens (primary N) is 1. The number of benzene rings is 2. The van der Waals surface area contributed by atoms with E-state index in [4.69, 9.17) is 22.1 Å². The van der Waals surface area contributed by atoms with Gasteiger partial charge in [0.15, 0.2) is 0 Å². The summed E-state index contributed by atoms with van der Waals surface area (Å²) in [5.41, 5.74) is 5.76. The van der Waals surface area contributed by atoms with E-state index in [0.29, 0.717) is 33.7 Å². The lowest BCUT2D eigenvalue weighted by Crippen LogP contribution is -2.77. The van der Waals surface area contributed by atoms with E-state index in [1.165, 1.54) is 4.90 Å². The van der Waals surface area contributed by atoms with Crippen LogP contribution in [-0.4, -0.2) is 105 Å². The monoisotopic (exact) mass is 834 g/mol. The molecule has 1 unspecified atom stereocenters. The average Bonchev–Trinajstić information content (AvgIpc) is 3.24. The third-order valence-electron chi connectivity index (χ3n) is 13.3. The van der Waals surface area contributed by atoms with E-state index in [9.17, 15) is 24.4 Å². The first-order chi connectivity index (χ1) is 28.7. The Balaban J connectivity index is 0.893. The fourth-order valence-corrected chi connectivity index (χ4v) is 10.6. The van der Waals surface area contributed by atoms with Crippen LogP contribution in [0.5, 0.6) is 5.75 Å². The summed E-state index contributed by atoms with van der Waals surface area (Å²) in [6.07, 6.45) is 4.71. The van der Waals surface area contributed by atoms with Crippen molar-refractivity contribution >= 4 is 51.7 Å². The number of hydrogen-bond donors (Lipinski definition) is 1. The standard InChI is InChI=1S/C44H51ClN10O5/c1-43(2)41(44(3,4)42(43)60-31-8-5-28(25-46)33(45)24-31)54-37(56)12-10-35(40(54)59)55-39(58)32-23-30(7-9-34(32)49-50-55)52-21-19-51(20-22-52)16-13-27-14-17-53(18-15-27)36-11-6-29(26-48-36)38(47)57/h5-9,11,23-24,26-27,35,41-42H,10,12-22H2,1-4H3,(H2,47,57). The fraction of sp³-hybridized carbons (Fsp3) is 0.500. The van der Waals surface area contributed by atoms with Crippen LogP contribution < -0.4 is 25.8 Å². The number of primary amides is 1. The first kappa shape index (κ1) is 41.2. The van der Waals surface area contributed by atoms with Crippen LogP contribution in [0.25, 0.3) is 10.9 Å². The molecule has 2 N–H and O–H groups in total. The molecule has 1 saturated carbocycles. The lowest BCUT2D eigenvalue weighted by molar-refractivity contribution is -0.216. The summed E-state index contributed by atoms with van der Waals surface area (Å²) >= 11 is 6.29. The molecule has 60 heavy (non-hydrogen) atoms. The molecular formula is C44H51ClN10O5. The summed E-state index contributed by atoms with van der Waals surface area (Å²) in [6.45, 7) is 14.2. The normalized spacial score (nSPS) is 23.3. The molecule has 5 heterocycles. The van der Waals surface area contributed by atoms with E-state index < -0.39 is 46.4 Å². The Hall–Kier alpha value is -5.59. The van der Waals surface area contributed by atoms with E-state index in [2.05, 4.69) is 30.0 Å². The van der Waals surface area contributed by atoms with Gasteiger partial charge in [0.25, 0.3) is 11.5 Å². The van der Waals surface area contributed by atoms with Gasteiger partial charge in [0.1, 0.15) is 35.3 Å². The van der Waals surface area contributed by atoms with Gasteiger partial charge in [-0.3, -0.25) is 29.0 Å². The lowest BCUT2D eigenvalue weighted by Gasteiger charge is -2.65. The first-order valence-corrected chi connectivity index (χ1v) is 21.1. The van der Waals surface area contributed by atoms with Crippen molar-refractivity contribution in [1.82, 2.24) is 29.8 Å². The van der Waals surface area contributed by atoms with Crippen LogP contribution in [-0.2, 0) is 9.59 Å². The Morgan fingerprint density at radius 3 is 2.32 bits per heavy atom. The van der Waals surface area contributed by atoms with Crippen molar-refractivity contribution in [2.45, 2.75) is 78.0 Å². The highest BCUT2D eigenvalue weighted by atomic mass is 35.5. The van der Waals surface area contributed by atoms with Gasteiger partial charge in [0.05, 0.1) is 27.6 Å². The molecule has 3 amide bonds. The lowest BCUT2D eigenvalue weighted by atomic mass is 9.48. The molecule has 1 aliphatic carbocycles. The number of aromatic nitrogens is 4. The Bertz CT molecular complexity index is 2400. The van der Waals surface area contributed by atoms with Crippen LogP contribution in [0.2, 0.25) is 5.02 Å². The summed E-state index contributed by atoms with van der Waals surface area (Å²) in [5, 5.41) is 18.6. The summed E-state index contributed by atoms with van der Waals surface area (Å²) in [7, 11) is 0. The zero-order valence-electron chi connectivity index (χ0n) is 34.5. The van der Waals surface area contributed by atoms with Crippen LogP contribution >= 0.6 is 11.6 Å². The molecule has 314 valence electrons. The number of carbonyl (C=O) groups excluding carboxylic acids is 3. The van der Waals surface area contributed by atoms with Gasteiger partial charge >= 0.3 is 0 Å². The van der Waals surface area contributed by atoms with Crippen molar-refractivity contribution in [3.8, 4) is 11.8 Å². The number of likely N-dealkylation sites (tertiary alicyclic amines) is 1. The number of imide groups is 1. The number of fused-ring (bicyclic) bond motifs is 1. The quantitative estimate of drug-likeness (QED) is 0.216. The molecule has 8 rings (SSSR count). The first-order valence-electron chi connectivity index (χ1n) is 20.8. The summed E-state index contributed by atoms with van der Waals surface area (Å²) in [6, 6.07) is 14.7. The van der Waals surface area contributed by atoms with Crippen molar-refractivity contribution in [2.24, 2.45) is 22.5 Å². The van der Waals surface area contributed by atoms with Gasteiger partial charge in [-0.05, 0) is 80.6 Å². The summed E-state index contributed by atoms with van der Waals surface area (Å²) < 4.78 is 7.58. The molecule has 0 spiro atoms. The number of ether oxygens (including phenoxy) is 1. The second-order valence-corrected chi connectivity index (χ2v) is 18.2. The molecule has 4 aromatic rings. The Morgan fingerprint density at radius 1 is 0.933 bits per heavy atom. The number of rotatable bonds is 10. The number of hydrogen-bond acceptors (Lipinski definition) is 12. The number of amides is 3. The molecule has 2 aromatic carbocycles. The number of nitriles is 1. The minimum Gasteiger partial charge on any atom is -0.489 e. The minimum atomic E-state index is -0.984. The van der Waals surface area contributed by atoms with Gasteiger partial charge in [-0.1, -0.05) is 44.5 Å². The topological polar surface area (TPSA) is 184 Å². The van der Waals surface area contributed by atoms with E-state index in [1.807, 2.05) is 58.0 Å². The third-order valence-corrected chi connectivity index (χ3v) is 13.6. The smallest absolute Gasteiger partial charge is 0.278 e. The maximum absolute atomic E-state index is 14.4. The summed E-state index contributed by atoms with van der Waals surface area (Å²) in [4.78, 5) is 66.4. The Kier molecular flexibility index (Phi) is 11.1. The molecule has 3 saturated heterocycles. The highest BCUT2D eigenvalue weighted by Gasteiger charge is 2.68. The highest BCUT2D eigenvalue weighted by Crippen LogP contribution is 2.59. The van der Waals surface area contributed by atoms with Gasteiger partial charge in [-0.25, -0.2) is 4.98 Å². The number of anilines is 2.